The third-order valence-electron chi connectivity index (χ3n) is 10.4. The van der Waals surface area contributed by atoms with Gasteiger partial charge in [0.05, 0.1) is 71.0 Å². The number of nitrogens with one attached hydrogen (secondary N) is 3. The number of carbonyl (C=O) groups is 3. The normalized spacial score (nSPS) is 19.3. The van der Waals surface area contributed by atoms with Crippen molar-refractivity contribution in [2.45, 2.75) is 84.2 Å². The van der Waals surface area contributed by atoms with Crippen LogP contribution in [0.1, 0.15) is 76.7 Å². The molecular formula is C44H63FN4O9. The Hall–Kier alpha value is -3.76. The summed E-state index contributed by atoms with van der Waals surface area (Å²) in [5.74, 6) is -0.905. The van der Waals surface area contributed by atoms with Gasteiger partial charge in [-0.05, 0) is 74.3 Å². The van der Waals surface area contributed by atoms with Gasteiger partial charge in [-0.25, -0.2) is 4.39 Å². The number of aliphatic hydroxyl groups is 1. The number of H-pyrrole nitrogens is 1. The smallest absolute Gasteiger partial charge is 0.250 e. The summed E-state index contributed by atoms with van der Waals surface area (Å²) in [6.45, 7) is 12.2. The van der Waals surface area contributed by atoms with Crippen molar-refractivity contribution in [3.05, 3.63) is 65.4 Å². The number of benzene rings is 2. The third kappa shape index (κ3) is 13.7. The van der Waals surface area contributed by atoms with Gasteiger partial charge in [0.1, 0.15) is 18.9 Å². The number of halogens is 1. The van der Waals surface area contributed by atoms with Gasteiger partial charge in [-0.1, -0.05) is 51.1 Å². The first-order valence-corrected chi connectivity index (χ1v) is 20.5. The summed E-state index contributed by atoms with van der Waals surface area (Å²) in [6.07, 6.45) is 2.09. The van der Waals surface area contributed by atoms with Crippen LogP contribution >= 0.6 is 0 Å². The number of hydrogen-bond acceptors (Lipinski definition) is 10. The van der Waals surface area contributed by atoms with Crippen LogP contribution in [0.2, 0.25) is 0 Å². The van der Waals surface area contributed by atoms with Crippen molar-refractivity contribution in [2.24, 2.45) is 11.3 Å². The summed E-state index contributed by atoms with van der Waals surface area (Å²) in [6, 6.07) is 15.2. The summed E-state index contributed by atoms with van der Waals surface area (Å²) in [5.41, 5.74) is 3.30. The van der Waals surface area contributed by atoms with Gasteiger partial charge in [0.15, 0.2) is 5.78 Å². The average Bonchev–Trinajstić information content (AvgIpc) is 3.78. The van der Waals surface area contributed by atoms with Gasteiger partial charge in [0, 0.05) is 41.3 Å². The second kappa shape index (κ2) is 21.5. The number of Topliss-reactive ketones (excluding diaryl/α,β-unsaturated/α-hetero) is 1. The SMILES string of the molecule is CC(C)(F)CN1CCc2c([nH]c3ccccc23)[C@H]1c1ccc(NC(=O)COCCOCCOCCOCCOCC(=O)N[C@H](C(=O)C2CC[C@@H](O)C2)C(C)(C)C)cc1. The first-order valence-electron chi connectivity index (χ1n) is 20.5. The maximum absolute atomic E-state index is 14.9. The average molecular weight is 811 g/mol. The van der Waals surface area contributed by atoms with Crippen LogP contribution in [0.15, 0.2) is 48.5 Å². The van der Waals surface area contributed by atoms with Crippen LogP contribution in [0.25, 0.3) is 10.9 Å². The monoisotopic (exact) mass is 810 g/mol. The number of aromatic nitrogens is 1. The van der Waals surface area contributed by atoms with E-state index in [1.807, 2.05) is 57.2 Å². The molecule has 4 N–H and O–H groups in total. The molecule has 0 spiro atoms. The van der Waals surface area contributed by atoms with Gasteiger partial charge in [-0.2, -0.15) is 0 Å². The molecule has 1 aliphatic carbocycles. The van der Waals surface area contributed by atoms with E-state index in [4.69, 9.17) is 23.7 Å². The molecule has 2 aliphatic rings. The second-order valence-electron chi connectivity index (χ2n) is 16.9. The van der Waals surface area contributed by atoms with Gasteiger partial charge in [-0.15, -0.1) is 0 Å². The number of carbonyl (C=O) groups excluding carboxylic acids is 3. The minimum absolute atomic E-state index is 0.0336. The van der Waals surface area contributed by atoms with E-state index in [1.165, 1.54) is 10.9 Å². The van der Waals surface area contributed by atoms with Crippen molar-refractivity contribution in [1.82, 2.24) is 15.2 Å². The van der Waals surface area contributed by atoms with E-state index in [0.717, 1.165) is 29.7 Å². The molecule has 4 atom stereocenters. The zero-order valence-electron chi connectivity index (χ0n) is 34.8. The third-order valence-corrected chi connectivity index (χ3v) is 10.4. The highest BCUT2D eigenvalue weighted by Gasteiger charge is 2.39. The van der Waals surface area contributed by atoms with Gasteiger partial charge in [0.2, 0.25) is 11.8 Å². The fraction of sp³-hybridized carbons (Fsp3) is 0.614. The number of para-hydroxylation sites is 1. The molecular weight excluding hydrogens is 748 g/mol. The van der Waals surface area contributed by atoms with Crippen molar-refractivity contribution in [2.75, 3.05) is 84.5 Å². The van der Waals surface area contributed by atoms with Crippen LogP contribution in [0.4, 0.5) is 10.1 Å². The molecule has 2 heterocycles. The zero-order valence-corrected chi connectivity index (χ0v) is 34.8. The molecule has 0 saturated heterocycles. The molecule has 13 nitrogen and oxygen atoms in total. The predicted molar refractivity (Wildman–Crippen MR) is 220 cm³/mol. The van der Waals surface area contributed by atoms with E-state index in [2.05, 4.69) is 32.7 Å². The lowest BCUT2D eigenvalue weighted by molar-refractivity contribution is -0.135. The lowest BCUT2D eigenvalue weighted by Gasteiger charge is -2.38. The maximum Gasteiger partial charge on any atom is 0.250 e. The van der Waals surface area contributed by atoms with Gasteiger partial charge in [-0.3, -0.25) is 19.3 Å². The second-order valence-corrected chi connectivity index (χ2v) is 16.9. The molecule has 5 rings (SSSR count). The van der Waals surface area contributed by atoms with Crippen molar-refractivity contribution in [3.63, 3.8) is 0 Å². The summed E-state index contributed by atoms with van der Waals surface area (Å²) < 4.78 is 42.3. The Morgan fingerprint density at radius 3 is 1.98 bits per heavy atom. The molecule has 1 aliphatic heterocycles. The highest BCUT2D eigenvalue weighted by Crippen LogP contribution is 2.39. The minimum atomic E-state index is -1.35. The van der Waals surface area contributed by atoms with Gasteiger partial charge >= 0.3 is 0 Å². The molecule has 3 aromatic rings. The molecule has 2 amide bonds. The summed E-state index contributed by atoms with van der Waals surface area (Å²) in [5, 5.41) is 16.7. The number of hydrogen-bond donors (Lipinski definition) is 4. The largest absolute Gasteiger partial charge is 0.393 e. The standard InChI is InChI=1S/C44H63FN4O9/c1-43(2,3)42(41(53)31-12-15-33(50)26-31)48-38(52)28-58-25-23-56-21-19-54-18-20-55-22-24-57-27-37(51)46-32-13-10-30(11-14-32)40-39-35(16-17-49(40)29-44(4,5)45)34-8-6-7-9-36(34)47-39/h6-11,13-14,31,33,40,42,47,50H,12,15-29H2,1-5H3,(H,46,51)(H,48,52)/t31?,33-,40-,42-/m1/s1. The Balaban J connectivity index is 0.886. The van der Waals surface area contributed by atoms with Crippen LogP contribution in [0, 0.1) is 11.3 Å². The number of rotatable bonds is 23. The molecule has 58 heavy (non-hydrogen) atoms. The lowest BCUT2D eigenvalue weighted by atomic mass is 9.80. The fourth-order valence-corrected chi connectivity index (χ4v) is 7.74. The van der Waals surface area contributed by atoms with E-state index >= 15 is 0 Å². The molecule has 2 aromatic carbocycles. The molecule has 14 heteroatoms. The van der Waals surface area contributed by atoms with E-state index in [0.29, 0.717) is 64.5 Å². The van der Waals surface area contributed by atoms with E-state index in [9.17, 15) is 23.9 Å². The summed E-state index contributed by atoms with van der Waals surface area (Å²) in [4.78, 5) is 43.9. The molecule has 1 unspecified atom stereocenters. The lowest BCUT2D eigenvalue weighted by Crippen LogP contribution is -2.52. The maximum atomic E-state index is 14.9. The van der Waals surface area contributed by atoms with E-state index in [1.54, 1.807) is 13.8 Å². The molecule has 0 bridgehead atoms. The predicted octanol–water partition coefficient (Wildman–Crippen LogP) is 5.15. The van der Waals surface area contributed by atoms with Crippen LogP contribution in [-0.2, 0) is 44.5 Å². The van der Waals surface area contributed by atoms with Crippen molar-refractivity contribution in [1.29, 1.82) is 0 Å². The highest BCUT2D eigenvalue weighted by molar-refractivity contribution is 5.92. The van der Waals surface area contributed by atoms with Crippen LogP contribution in [-0.4, -0.2) is 130 Å². The molecule has 0 radical (unpaired) electrons. The topological polar surface area (TPSA) is 161 Å². The quantitative estimate of drug-likeness (QED) is 0.0945. The van der Waals surface area contributed by atoms with E-state index in [-0.39, 0.29) is 62.6 Å². The number of fused-ring (bicyclic) bond motifs is 3. The number of ether oxygens (including phenoxy) is 5. The number of aliphatic hydroxyl groups excluding tert-OH is 1. The first kappa shape index (κ1) is 45.3. The number of anilines is 1. The first-order chi connectivity index (χ1) is 27.7. The molecule has 1 aromatic heterocycles. The van der Waals surface area contributed by atoms with Gasteiger partial charge in [0.25, 0.3) is 0 Å². The Labute approximate surface area is 341 Å². The molecule has 1 fully saturated rings. The van der Waals surface area contributed by atoms with Crippen LogP contribution in [0.3, 0.4) is 0 Å². The van der Waals surface area contributed by atoms with E-state index < -0.39 is 23.2 Å². The van der Waals surface area contributed by atoms with Crippen LogP contribution < -0.4 is 10.6 Å². The zero-order chi connectivity index (χ0) is 41.7. The van der Waals surface area contributed by atoms with Crippen LogP contribution in [0.5, 0.6) is 0 Å². The fourth-order valence-electron chi connectivity index (χ4n) is 7.74. The van der Waals surface area contributed by atoms with Gasteiger partial charge < -0.3 is 44.4 Å². The number of amides is 2. The van der Waals surface area contributed by atoms with Crippen molar-refractivity contribution in [3.8, 4) is 0 Å². The Kier molecular flexibility index (Phi) is 16.8. The van der Waals surface area contributed by atoms with Crippen molar-refractivity contribution >= 4 is 34.2 Å². The Bertz CT molecular complexity index is 1770. The minimum Gasteiger partial charge on any atom is -0.393 e. The summed E-state index contributed by atoms with van der Waals surface area (Å²) >= 11 is 0. The summed E-state index contributed by atoms with van der Waals surface area (Å²) in [7, 11) is 0. The van der Waals surface area contributed by atoms with Crippen molar-refractivity contribution < 1.29 is 47.6 Å². The molecule has 320 valence electrons. The number of alkyl halides is 1. The number of nitrogens with zero attached hydrogens (tertiary/aromatic N) is 1. The Morgan fingerprint density at radius 2 is 1.41 bits per heavy atom. The Morgan fingerprint density at radius 1 is 0.828 bits per heavy atom. The number of ketones is 1. The highest BCUT2D eigenvalue weighted by atomic mass is 19.1. The number of aromatic amines is 1. The molecule has 1 saturated carbocycles.